The summed E-state index contributed by atoms with van der Waals surface area (Å²) in [5.41, 5.74) is 2.44. The van der Waals surface area contributed by atoms with Crippen LogP contribution in [-0.4, -0.2) is 17.6 Å². The van der Waals surface area contributed by atoms with E-state index in [9.17, 15) is 9.90 Å². The van der Waals surface area contributed by atoms with Crippen molar-refractivity contribution in [2.45, 2.75) is 50.4 Å². The van der Waals surface area contributed by atoms with Gasteiger partial charge in [-0.3, -0.25) is 4.79 Å². The normalized spacial score (nSPS) is 32.3. The van der Waals surface area contributed by atoms with Gasteiger partial charge < -0.3 is 10.4 Å². The molecule has 2 unspecified atom stereocenters. The van der Waals surface area contributed by atoms with Gasteiger partial charge >= 0.3 is 0 Å². The molecular formula is C25H28ClNO2. The monoisotopic (exact) mass is 409 g/mol. The molecule has 152 valence electrons. The molecule has 3 nitrogen and oxygen atoms in total. The molecule has 0 saturated heterocycles. The van der Waals surface area contributed by atoms with Gasteiger partial charge in [-0.1, -0.05) is 35.9 Å². The number of phenolic OH excluding ortho intramolecular Hbond substituents is 1. The Morgan fingerprint density at radius 3 is 2.31 bits per heavy atom. The SMILES string of the molecule is O=C(NCCc1ccc(O)cc1)C12CC3CC(C1)CC(c1ccc(Cl)cc1)(C3)C2. The maximum Gasteiger partial charge on any atom is 0.226 e. The van der Waals surface area contributed by atoms with E-state index in [2.05, 4.69) is 17.4 Å². The lowest BCUT2D eigenvalue weighted by atomic mass is 9.42. The summed E-state index contributed by atoms with van der Waals surface area (Å²) < 4.78 is 0. The lowest BCUT2D eigenvalue weighted by Crippen LogP contribution is -2.59. The lowest BCUT2D eigenvalue weighted by molar-refractivity contribution is -0.149. The average Bonchev–Trinajstić information content (AvgIpc) is 2.69. The third kappa shape index (κ3) is 3.44. The number of rotatable bonds is 5. The molecule has 2 N–H and O–H groups in total. The molecule has 0 heterocycles. The van der Waals surface area contributed by atoms with Crippen LogP contribution < -0.4 is 5.32 Å². The fourth-order valence-electron chi connectivity index (χ4n) is 6.84. The molecular weight excluding hydrogens is 382 g/mol. The molecule has 2 atom stereocenters. The largest absolute Gasteiger partial charge is 0.508 e. The van der Waals surface area contributed by atoms with Crippen LogP contribution in [-0.2, 0) is 16.6 Å². The lowest BCUT2D eigenvalue weighted by Gasteiger charge is -2.61. The summed E-state index contributed by atoms with van der Waals surface area (Å²) in [6.45, 7) is 0.647. The van der Waals surface area contributed by atoms with Crippen LogP contribution in [0.4, 0.5) is 0 Å². The van der Waals surface area contributed by atoms with Crippen LogP contribution >= 0.6 is 11.6 Å². The zero-order chi connectivity index (χ0) is 20.1. The van der Waals surface area contributed by atoms with Gasteiger partial charge in [-0.25, -0.2) is 0 Å². The highest BCUT2D eigenvalue weighted by atomic mass is 35.5. The van der Waals surface area contributed by atoms with E-state index in [1.54, 1.807) is 12.1 Å². The minimum absolute atomic E-state index is 0.142. The quantitative estimate of drug-likeness (QED) is 0.709. The van der Waals surface area contributed by atoms with Crippen LogP contribution in [0.1, 0.15) is 49.7 Å². The van der Waals surface area contributed by atoms with Crippen molar-refractivity contribution in [3.8, 4) is 5.75 Å². The number of carbonyl (C=O) groups is 1. The molecule has 1 amide bonds. The maximum absolute atomic E-state index is 13.4. The van der Waals surface area contributed by atoms with Crippen molar-refractivity contribution in [3.05, 3.63) is 64.7 Å². The number of phenols is 1. The van der Waals surface area contributed by atoms with Gasteiger partial charge in [-0.15, -0.1) is 0 Å². The molecule has 6 rings (SSSR count). The fourth-order valence-corrected chi connectivity index (χ4v) is 6.97. The second-order valence-electron chi connectivity index (χ2n) is 9.70. The van der Waals surface area contributed by atoms with Crippen molar-refractivity contribution in [1.82, 2.24) is 5.32 Å². The Morgan fingerprint density at radius 1 is 1.00 bits per heavy atom. The van der Waals surface area contributed by atoms with Crippen molar-refractivity contribution in [1.29, 1.82) is 0 Å². The first-order valence-electron chi connectivity index (χ1n) is 10.8. The zero-order valence-corrected chi connectivity index (χ0v) is 17.4. The molecule has 2 aromatic carbocycles. The van der Waals surface area contributed by atoms with Gasteiger partial charge in [0.05, 0.1) is 5.41 Å². The molecule has 0 radical (unpaired) electrons. The van der Waals surface area contributed by atoms with E-state index in [-0.39, 0.29) is 22.5 Å². The minimum Gasteiger partial charge on any atom is -0.508 e. The van der Waals surface area contributed by atoms with Gasteiger partial charge in [0.2, 0.25) is 5.91 Å². The predicted octanol–water partition coefficient (Wildman–Crippen LogP) is 5.24. The van der Waals surface area contributed by atoms with E-state index >= 15 is 0 Å². The van der Waals surface area contributed by atoms with E-state index in [4.69, 9.17) is 11.6 Å². The molecule has 2 aromatic rings. The van der Waals surface area contributed by atoms with Gasteiger partial charge in [-0.05, 0) is 97.6 Å². The van der Waals surface area contributed by atoms with Crippen LogP contribution in [0.25, 0.3) is 0 Å². The Morgan fingerprint density at radius 2 is 1.66 bits per heavy atom. The van der Waals surface area contributed by atoms with E-state index < -0.39 is 0 Å². The number of aromatic hydroxyl groups is 1. The Hall–Kier alpha value is -2.00. The Bertz CT molecular complexity index is 891. The van der Waals surface area contributed by atoms with Crippen molar-refractivity contribution in [3.63, 3.8) is 0 Å². The third-order valence-corrected chi connectivity index (χ3v) is 7.89. The Balaban J connectivity index is 1.32. The number of hydrogen-bond acceptors (Lipinski definition) is 2. The Labute approximate surface area is 177 Å². The minimum atomic E-state index is -0.210. The van der Waals surface area contributed by atoms with E-state index in [0.29, 0.717) is 18.4 Å². The summed E-state index contributed by atoms with van der Waals surface area (Å²) in [6.07, 6.45) is 7.57. The van der Waals surface area contributed by atoms with Crippen LogP contribution in [0.5, 0.6) is 5.75 Å². The van der Waals surface area contributed by atoms with Crippen molar-refractivity contribution in [2.75, 3.05) is 6.54 Å². The first kappa shape index (κ1) is 19.0. The van der Waals surface area contributed by atoms with Gasteiger partial charge in [0.1, 0.15) is 5.75 Å². The second kappa shape index (κ2) is 7.05. The molecule has 4 aliphatic rings. The average molecular weight is 410 g/mol. The molecule has 4 heteroatoms. The predicted molar refractivity (Wildman–Crippen MR) is 115 cm³/mol. The van der Waals surface area contributed by atoms with Crippen LogP contribution in [0, 0.1) is 17.3 Å². The van der Waals surface area contributed by atoms with Crippen molar-refractivity contribution in [2.24, 2.45) is 17.3 Å². The maximum atomic E-state index is 13.4. The topological polar surface area (TPSA) is 49.3 Å². The van der Waals surface area contributed by atoms with Gasteiger partial charge in [0.25, 0.3) is 0 Å². The number of amides is 1. The second-order valence-corrected chi connectivity index (χ2v) is 10.1. The van der Waals surface area contributed by atoms with Crippen LogP contribution in [0.3, 0.4) is 0 Å². The molecule has 0 aromatic heterocycles. The van der Waals surface area contributed by atoms with Crippen LogP contribution in [0.2, 0.25) is 5.02 Å². The highest BCUT2D eigenvalue weighted by molar-refractivity contribution is 6.30. The molecule has 29 heavy (non-hydrogen) atoms. The van der Waals surface area contributed by atoms with Gasteiger partial charge in [0, 0.05) is 11.6 Å². The van der Waals surface area contributed by atoms with Crippen molar-refractivity contribution >= 4 is 17.5 Å². The summed E-state index contributed by atoms with van der Waals surface area (Å²) in [6, 6.07) is 15.6. The van der Waals surface area contributed by atoms with E-state index in [1.165, 1.54) is 24.8 Å². The number of halogens is 1. The highest BCUT2D eigenvalue weighted by Gasteiger charge is 2.60. The molecule has 4 bridgehead atoms. The number of carbonyl (C=O) groups excluding carboxylic acids is 1. The standard InChI is InChI=1S/C25H28ClNO2/c26-21-5-3-20(4-6-21)24-12-18-11-19(13-24)15-25(14-18,16-24)23(29)27-10-9-17-1-7-22(28)8-2-17/h1-8,18-19,28H,9-16H2,(H,27,29). The van der Waals surface area contributed by atoms with Gasteiger partial charge in [0.15, 0.2) is 0 Å². The zero-order valence-electron chi connectivity index (χ0n) is 16.7. The third-order valence-electron chi connectivity index (χ3n) is 7.63. The molecule has 4 aliphatic carbocycles. The summed E-state index contributed by atoms with van der Waals surface area (Å²) in [7, 11) is 0. The smallest absolute Gasteiger partial charge is 0.226 e. The van der Waals surface area contributed by atoms with Crippen molar-refractivity contribution < 1.29 is 9.90 Å². The summed E-state index contributed by atoms with van der Waals surface area (Å²) in [5.74, 6) is 1.85. The fraction of sp³-hybridized carbons (Fsp3) is 0.480. The van der Waals surface area contributed by atoms with E-state index in [0.717, 1.165) is 36.3 Å². The Kier molecular flexibility index (Phi) is 4.62. The first-order valence-corrected chi connectivity index (χ1v) is 11.2. The molecule has 0 aliphatic heterocycles. The van der Waals surface area contributed by atoms with E-state index in [1.807, 2.05) is 24.3 Å². The highest BCUT2D eigenvalue weighted by Crippen LogP contribution is 2.65. The van der Waals surface area contributed by atoms with Crippen LogP contribution in [0.15, 0.2) is 48.5 Å². The number of nitrogens with one attached hydrogen (secondary N) is 1. The molecule has 4 saturated carbocycles. The summed E-state index contributed by atoms with van der Waals surface area (Å²) in [5, 5.41) is 13.5. The number of hydrogen-bond donors (Lipinski definition) is 2. The summed E-state index contributed by atoms with van der Waals surface area (Å²) in [4.78, 5) is 13.4. The molecule has 0 spiro atoms. The first-order chi connectivity index (χ1) is 14.0. The van der Waals surface area contributed by atoms with Gasteiger partial charge in [-0.2, -0.15) is 0 Å². The summed E-state index contributed by atoms with van der Waals surface area (Å²) >= 11 is 6.14. The number of benzene rings is 2. The molecule has 4 fully saturated rings.